The van der Waals surface area contributed by atoms with Gasteiger partial charge in [0.25, 0.3) is 0 Å². The largest absolute Gasteiger partial charge is 0.573 e. The summed E-state index contributed by atoms with van der Waals surface area (Å²) in [4.78, 5) is 15.0. The van der Waals surface area contributed by atoms with E-state index in [1.54, 1.807) is 0 Å². The number of benzene rings is 1. The summed E-state index contributed by atoms with van der Waals surface area (Å²) in [6.07, 6.45) is -2.13. The van der Waals surface area contributed by atoms with Crippen LogP contribution in [0.4, 0.5) is 13.2 Å². The van der Waals surface area contributed by atoms with E-state index in [9.17, 15) is 26.4 Å². The second kappa shape index (κ2) is 10.4. The third kappa shape index (κ3) is 6.63. The zero-order chi connectivity index (χ0) is 25.1. The fourth-order valence-electron chi connectivity index (χ4n) is 4.94. The van der Waals surface area contributed by atoms with Crippen LogP contribution in [0.5, 0.6) is 5.75 Å². The Hall–Kier alpha value is -1.85. The van der Waals surface area contributed by atoms with Crippen molar-refractivity contribution in [3.05, 3.63) is 24.3 Å². The highest BCUT2D eigenvalue weighted by atomic mass is 32.2. The Morgan fingerprint density at radius 3 is 2.50 bits per heavy atom. The lowest BCUT2D eigenvalue weighted by atomic mass is 9.88. The minimum atomic E-state index is -4.90. The number of hydrogen-bond acceptors (Lipinski definition) is 5. The van der Waals surface area contributed by atoms with Gasteiger partial charge in [0.05, 0.1) is 10.4 Å². The van der Waals surface area contributed by atoms with Crippen LogP contribution in [0.2, 0.25) is 0 Å². The second-order valence-corrected chi connectivity index (χ2v) is 11.8. The van der Waals surface area contributed by atoms with E-state index in [1.807, 2.05) is 11.8 Å². The summed E-state index contributed by atoms with van der Waals surface area (Å²) < 4.78 is 68.7. The number of piperidine rings is 1. The maximum Gasteiger partial charge on any atom is 0.573 e. The van der Waals surface area contributed by atoms with Crippen molar-refractivity contribution >= 4 is 15.9 Å². The molecule has 11 heteroatoms. The highest BCUT2D eigenvalue weighted by molar-refractivity contribution is 7.89. The molecule has 1 atom stereocenters. The molecule has 1 N–H and O–H groups in total. The zero-order valence-electron chi connectivity index (χ0n) is 19.9. The molecule has 1 aromatic carbocycles. The number of carbonyl (C=O) groups is 1. The van der Waals surface area contributed by atoms with Crippen LogP contribution < -0.4 is 10.1 Å². The van der Waals surface area contributed by atoms with Crippen LogP contribution in [0.25, 0.3) is 0 Å². The zero-order valence-corrected chi connectivity index (χ0v) is 20.7. The molecular weight excluding hydrogens is 471 g/mol. The van der Waals surface area contributed by atoms with Crippen molar-refractivity contribution in [2.24, 2.45) is 11.8 Å². The number of rotatable bonds is 7. The van der Waals surface area contributed by atoms with E-state index in [2.05, 4.69) is 23.9 Å². The Labute approximate surface area is 199 Å². The summed E-state index contributed by atoms with van der Waals surface area (Å²) >= 11 is 0. The molecule has 2 heterocycles. The van der Waals surface area contributed by atoms with Gasteiger partial charge in [0, 0.05) is 32.2 Å². The first-order valence-electron chi connectivity index (χ1n) is 11.7. The van der Waals surface area contributed by atoms with Crippen LogP contribution in [0.3, 0.4) is 0 Å². The predicted octanol–water partition coefficient (Wildman–Crippen LogP) is 3.61. The maximum atomic E-state index is 13.3. The number of alkyl halides is 3. The molecule has 0 radical (unpaired) electrons. The molecule has 0 aliphatic carbocycles. The van der Waals surface area contributed by atoms with Gasteiger partial charge in [-0.15, -0.1) is 13.2 Å². The number of nitrogens with one attached hydrogen (secondary N) is 1. The minimum Gasteiger partial charge on any atom is -0.406 e. The van der Waals surface area contributed by atoms with Gasteiger partial charge in [0.2, 0.25) is 15.9 Å². The van der Waals surface area contributed by atoms with Crippen molar-refractivity contribution in [2.75, 3.05) is 32.7 Å². The van der Waals surface area contributed by atoms with Gasteiger partial charge in [-0.3, -0.25) is 4.79 Å². The average Bonchev–Trinajstić information content (AvgIpc) is 2.86. The van der Waals surface area contributed by atoms with Gasteiger partial charge >= 0.3 is 6.36 Å². The molecule has 1 amide bonds. The number of hydrogen-bond donors (Lipinski definition) is 1. The summed E-state index contributed by atoms with van der Waals surface area (Å²) in [5.41, 5.74) is -0.599. The molecular formula is C23H34F3N3O4S. The fourth-order valence-corrected chi connectivity index (χ4v) is 6.44. The molecule has 1 aromatic rings. The molecule has 192 valence electrons. The smallest absolute Gasteiger partial charge is 0.406 e. The van der Waals surface area contributed by atoms with Crippen LogP contribution in [-0.4, -0.2) is 68.2 Å². The van der Waals surface area contributed by atoms with Crippen molar-refractivity contribution < 1.29 is 31.1 Å². The van der Waals surface area contributed by atoms with Gasteiger partial charge in [0.1, 0.15) is 5.75 Å². The van der Waals surface area contributed by atoms with Crippen LogP contribution in [0.15, 0.2) is 29.2 Å². The Kier molecular flexibility index (Phi) is 8.19. The van der Waals surface area contributed by atoms with Crippen LogP contribution in [-0.2, 0) is 14.8 Å². The van der Waals surface area contributed by atoms with Crippen molar-refractivity contribution in [2.45, 2.75) is 63.3 Å². The van der Waals surface area contributed by atoms with E-state index >= 15 is 0 Å². The molecule has 2 saturated heterocycles. The molecule has 0 spiro atoms. The van der Waals surface area contributed by atoms with Crippen molar-refractivity contribution in [3.8, 4) is 5.75 Å². The third-order valence-corrected chi connectivity index (χ3v) is 8.32. The molecule has 1 unspecified atom stereocenters. The van der Waals surface area contributed by atoms with Gasteiger partial charge in [0.15, 0.2) is 0 Å². The highest BCUT2D eigenvalue weighted by Gasteiger charge is 2.40. The van der Waals surface area contributed by atoms with Crippen LogP contribution in [0.1, 0.15) is 46.5 Å². The average molecular weight is 506 g/mol. The van der Waals surface area contributed by atoms with E-state index < -0.39 is 27.7 Å². The number of ether oxygens (including phenoxy) is 1. The molecule has 2 aliphatic rings. The lowest BCUT2D eigenvalue weighted by Crippen LogP contribution is -2.55. The standard InChI is InChI=1S/C23H34F3N3O4S/c1-17(2)15-22(3)21(30)28(11-5-10-27-22)16-18-8-12-29(13-9-18)34(31,32)20-7-4-6-19(14-20)33-23(24,25)26/h4,6-7,14,17-18,27H,5,8-13,15-16H2,1-3H3. The molecule has 34 heavy (non-hydrogen) atoms. The summed E-state index contributed by atoms with van der Waals surface area (Å²) in [5.74, 6) is 0.0583. The minimum absolute atomic E-state index is 0.0928. The lowest BCUT2D eigenvalue weighted by Gasteiger charge is -2.37. The number of halogens is 3. The SMILES string of the molecule is CC(C)CC1(C)NCCCN(CC2CCN(S(=O)(=O)c3cccc(OC(F)(F)F)c3)CC2)C1=O. The Bertz CT molecular complexity index is 962. The van der Waals surface area contributed by atoms with Gasteiger partial charge in [-0.2, -0.15) is 4.31 Å². The van der Waals surface area contributed by atoms with Crippen LogP contribution >= 0.6 is 0 Å². The first kappa shape index (κ1) is 26.7. The van der Waals surface area contributed by atoms with E-state index in [-0.39, 0.29) is 29.8 Å². The number of amides is 1. The molecule has 2 aliphatic heterocycles. The summed E-state index contributed by atoms with van der Waals surface area (Å²) in [5, 5.41) is 3.41. The van der Waals surface area contributed by atoms with Crippen molar-refractivity contribution in [1.29, 1.82) is 0 Å². The number of nitrogens with zero attached hydrogens (tertiary/aromatic N) is 2. The lowest BCUT2D eigenvalue weighted by molar-refractivity contribution is -0.274. The highest BCUT2D eigenvalue weighted by Crippen LogP contribution is 2.30. The first-order valence-corrected chi connectivity index (χ1v) is 13.1. The molecule has 3 rings (SSSR count). The second-order valence-electron chi connectivity index (χ2n) is 9.83. The van der Waals surface area contributed by atoms with E-state index in [0.717, 1.165) is 31.5 Å². The van der Waals surface area contributed by atoms with Crippen molar-refractivity contribution in [3.63, 3.8) is 0 Å². The monoisotopic (exact) mass is 505 g/mol. The van der Waals surface area contributed by atoms with Gasteiger partial charge < -0.3 is 15.0 Å². The number of carbonyl (C=O) groups excluding carboxylic acids is 1. The van der Waals surface area contributed by atoms with E-state index in [0.29, 0.717) is 31.8 Å². The molecule has 0 bridgehead atoms. The van der Waals surface area contributed by atoms with E-state index in [1.165, 1.54) is 16.4 Å². The first-order chi connectivity index (χ1) is 15.8. The maximum absolute atomic E-state index is 13.3. The fraction of sp³-hybridized carbons (Fsp3) is 0.696. The molecule has 0 saturated carbocycles. The quantitative estimate of drug-likeness (QED) is 0.613. The summed E-state index contributed by atoms with van der Waals surface area (Å²) in [6.45, 7) is 8.68. The molecule has 2 fully saturated rings. The Morgan fingerprint density at radius 1 is 1.21 bits per heavy atom. The van der Waals surface area contributed by atoms with Gasteiger partial charge in [-0.05, 0) is 63.1 Å². The summed E-state index contributed by atoms with van der Waals surface area (Å²) in [7, 11) is -3.95. The van der Waals surface area contributed by atoms with Crippen molar-refractivity contribution in [1.82, 2.24) is 14.5 Å². The van der Waals surface area contributed by atoms with E-state index in [4.69, 9.17) is 0 Å². The topological polar surface area (TPSA) is 78.9 Å². The predicted molar refractivity (Wildman–Crippen MR) is 122 cm³/mol. The van der Waals surface area contributed by atoms with Gasteiger partial charge in [-0.25, -0.2) is 8.42 Å². The van der Waals surface area contributed by atoms with Crippen LogP contribution in [0, 0.1) is 11.8 Å². The summed E-state index contributed by atoms with van der Waals surface area (Å²) in [6, 6.07) is 4.46. The Morgan fingerprint density at radius 2 is 1.88 bits per heavy atom. The normalized spacial score (nSPS) is 23.9. The molecule has 0 aromatic heterocycles. The van der Waals surface area contributed by atoms with Gasteiger partial charge in [-0.1, -0.05) is 19.9 Å². The number of sulfonamides is 1. The molecule has 7 nitrogen and oxygen atoms in total. The third-order valence-electron chi connectivity index (χ3n) is 6.42. The Balaban J connectivity index is 1.62.